The number of benzene rings is 2. The molecule has 25 heavy (non-hydrogen) atoms. The van der Waals surface area contributed by atoms with Gasteiger partial charge in [0.25, 0.3) is 0 Å². The number of methoxy groups -OCH3 is 1. The highest BCUT2D eigenvalue weighted by molar-refractivity contribution is 6.39. The molecule has 0 saturated carbocycles. The molecule has 0 aliphatic heterocycles. The molecule has 0 fully saturated rings. The Balaban J connectivity index is 1.87. The second kappa shape index (κ2) is 8.58. The van der Waals surface area contributed by atoms with E-state index in [0.717, 1.165) is 0 Å². The second-order valence-corrected chi connectivity index (χ2v) is 5.12. The van der Waals surface area contributed by atoms with Crippen LogP contribution in [0.1, 0.15) is 15.9 Å². The van der Waals surface area contributed by atoms with E-state index in [1.165, 1.54) is 31.4 Å². The molecule has 0 radical (unpaired) electrons. The number of hydrogen-bond acceptors (Lipinski definition) is 4. The van der Waals surface area contributed by atoms with Crippen molar-refractivity contribution in [2.75, 3.05) is 19.0 Å². The Morgan fingerprint density at radius 2 is 1.80 bits per heavy atom. The minimum atomic E-state index is -0.879. The van der Waals surface area contributed by atoms with Gasteiger partial charge >= 0.3 is 17.8 Å². The predicted octanol–water partition coefficient (Wildman–Crippen LogP) is 1.91. The van der Waals surface area contributed by atoms with Gasteiger partial charge in [-0.3, -0.25) is 9.59 Å². The van der Waals surface area contributed by atoms with Crippen LogP contribution in [0.5, 0.6) is 0 Å². The third-order valence-electron chi connectivity index (χ3n) is 3.39. The molecule has 2 aromatic rings. The molecule has 7 heteroatoms. The van der Waals surface area contributed by atoms with Gasteiger partial charge in [0.15, 0.2) is 0 Å². The van der Waals surface area contributed by atoms with E-state index in [4.69, 9.17) is 0 Å². The standard InChI is InChI=1S/C18H17FN2O4/c1-25-18(24)13-6-4-7-14(11-13)21-17(23)16(22)20-10-9-12-5-2-3-8-15(12)19/h2-8,11H,9-10H2,1H3,(H,20,22)(H,21,23). The Kier molecular flexibility index (Phi) is 6.22. The first-order valence-electron chi connectivity index (χ1n) is 7.52. The monoisotopic (exact) mass is 344 g/mol. The summed E-state index contributed by atoms with van der Waals surface area (Å²) < 4.78 is 18.0. The van der Waals surface area contributed by atoms with Crippen molar-refractivity contribution in [2.45, 2.75) is 6.42 Å². The molecule has 2 aromatic carbocycles. The third kappa shape index (κ3) is 5.13. The highest BCUT2D eigenvalue weighted by Crippen LogP contribution is 2.11. The van der Waals surface area contributed by atoms with E-state index in [9.17, 15) is 18.8 Å². The summed E-state index contributed by atoms with van der Waals surface area (Å²) in [4.78, 5) is 35.1. The van der Waals surface area contributed by atoms with Crippen molar-refractivity contribution in [3.05, 3.63) is 65.5 Å². The maximum Gasteiger partial charge on any atom is 0.337 e. The molecular formula is C18H17FN2O4. The highest BCUT2D eigenvalue weighted by atomic mass is 19.1. The first-order chi connectivity index (χ1) is 12.0. The van der Waals surface area contributed by atoms with Crippen molar-refractivity contribution in [1.82, 2.24) is 5.32 Å². The Morgan fingerprint density at radius 3 is 2.52 bits per heavy atom. The van der Waals surface area contributed by atoms with Crippen LogP contribution in [0.15, 0.2) is 48.5 Å². The summed E-state index contributed by atoms with van der Waals surface area (Å²) in [7, 11) is 1.25. The summed E-state index contributed by atoms with van der Waals surface area (Å²) in [5.41, 5.74) is 0.992. The molecule has 6 nitrogen and oxygen atoms in total. The van der Waals surface area contributed by atoms with Crippen LogP contribution in [0.2, 0.25) is 0 Å². The maximum absolute atomic E-state index is 13.5. The average Bonchev–Trinajstić information content (AvgIpc) is 2.62. The van der Waals surface area contributed by atoms with Crippen LogP contribution in [-0.4, -0.2) is 31.4 Å². The summed E-state index contributed by atoms with van der Waals surface area (Å²) in [6.45, 7) is 0.120. The van der Waals surface area contributed by atoms with Gasteiger partial charge in [-0.05, 0) is 36.2 Å². The van der Waals surface area contributed by atoms with Gasteiger partial charge in [-0.2, -0.15) is 0 Å². The summed E-state index contributed by atoms with van der Waals surface area (Å²) in [6, 6.07) is 12.2. The number of esters is 1. The van der Waals surface area contributed by atoms with Crippen LogP contribution < -0.4 is 10.6 Å². The number of carbonyl (C=O) groups excluding carboxylic acids is 3. The van der Waals surface area contributed by atoms with Gasteiger partial charge in [0.05, 0.1) is 12.7 Å². The number of anilines is 1. The minimum Gasteiger partial charge on any atom is -0.465 e. The second-order valence-electron chi connectivity index (χ2n) is 5.12. The molecule has 2 amide bonds. The molecule has 0 spiro atoms. The van der Waals surface area contributed by atoms with E-state index >= 15 is 0 Å². The van der Waals surface area contributed by atoms with Gasteiger partial charge in [0.2, 0.25) is 0 Å². The number of halogens is 1. The molecule has 0 unspecified atom stereocenters. The van der Waals surface area contributed by atoms with E-state index in [-0.39, 0.29) is 30.0 Å². The maximum atomic E-state index is 13.5. The molecule has 0 aliphatic rings. The molecule has 0 heterocycles. The number of carbonyl (C=O) groups is 3. The topological polar surface area (TPSA) is 84.5 Å². The van der Waals surface area contributed by atoms with Crippen LogP contribution in [0.25, 0.3) is 0 Å². The lowest BCUT2D eigenvalue weighted by Gasteiger charge is -2.08. The van der Waals surface area contributed by atoms with Crippen LogP contribution in [0.3, 0.4) is 0 Å². The normalized spacial score (nSPS) is 10.0. The fourth-order valence-electron chi connectivity index (χ4n) is 2.12. The quantitative estimate of drug-likeness (QED) is 0.641. The zero-order valence-electron chi connectivity index (χ0n) is 13.5. The van der Waals surface area contributed by atoms with Crippen molar-refractivity contribution >= 4 is 23.5 Å². The fraction of sp³-hybridized carbons (Fsp3) is 0.167. The number of nitrogens with one attached hydrogen (secondary N) is 2. The van der Waals surface area contributed by atoms with Gasteiger partial charge in [0.1, 0.15) is 5.82 Å². The van der Waals surface area contributed by atoms with Gasteiger partial charge in [-0.1, -0.05) is 24.3 Å². The van der Waals surface area contributed by atoms with E-state index in [0.29, 0.717) is 5.56 Å². The first kappa shape index (κ1) is 18.1. The van der Waals surface area contributed by atoms with Crippen molar-refractivity contribution in [1.29, 1.82) is 0 Å². The molecule has 2 rings (SSSR count). The van der Waals surface area contributed by atoms with E-state index < -0.39 is 17.8 Å². The average molecular weight is 344 g/mol. The summed E-state index contributed by atoms with van der Waals surface area (Å²) >= 11 is 0. The number of ether oxygens (including phenoxy) is 1. The lowest BCUT2D eigenvalue weighted by Crippen LogP contribution is -2.36. The molecule has 0 saturated heterocycles. The summed E-state index contributed by atoms with van der Waals surface area (Å²) in [5.74, 6) is -2.64. The number of rotatable bonds is 5. The van der Waals surface area contributed by atoms with Crippen LogP contribution in [0, 0.1) is 5.82 Å². The number of amides is 2. The predicted molar refractivity (Wildman–Crippen MR) is 89.5 cm³/mol. The SMILES string of the molecule is COC(=O)c1cccc(NC(=O)C(=O)NCCc2ccccc2F)c1. The van der Waals surface area contributed by atoms with E-state index in [2.05, 4.69) is 15.4 Å². The summed E-state index contributed by atoms with van der Waals surface area (Å²) in [5, 5.41) is 4.81. The molecule has 130 valence electrons. The van der Waals surface area contributed by atoms with Gasteiger partial charge in [0, 0.05) is 12.2 Å². The van der Waals surface area contributed by atoms with E-state index in [1.807, 2.05) is 0 Å². The number of hydrogen-bond donors (Lipinski definition) is 2. The zero-order valence-corrected chi connectivity index (χ0v) is 13.5. The highest BCUT2D eigenvalue weighted by Gasteiger charge is 2.14. The van der Waals surface area contributed by atoms with Gasteiger partial charge in [-0.25, -0.2) is 9.18 Å². The lowest BCUT2D eigenvalue weighted by atomic mass is 10.1. The zero-order chi connectivity index (χ0) is 18.2. The minimum absolute atomic E-state index is 0.120. The van der Waals surface area contributed by atoms with Crippen molar-refractivity contribution < 1.29 is 23.5 Å². The molecule has 0 aromatic heterocycles. The molecule has 2 N–H and O–H groups in total. The smallest absolute Gasteiger partial charge is 0.337 e. The Hall–Kier alpha value is -3.22. The van der Waals surface area contributed by atoms with Gasteiger partial charge < -0.3 is 15.4 Å². The molecule has 0 atom stereocenters. The van der Waals surface area contributed by atoms with Crippen LogP contribution in [-0.2, 0) is 20.7 Å². The molecule has 0 bridgehead atoms. The van der Waals surface area contributed by atoms with E-state index in [1.54, 1.807) is 24.3 Å². The van der Waals surface area contributed by atoms with Crippen molar-refractivity contribution in [3.8, 4) is 0 Å². The Morgan fingerprint density at radius 1 is 1.04 bits per heavy atom. The molecule has 0 aliphatic carbocycles. The largest absolute Gasteiger partial charge is 0.465 e. The third-order valence-corrected chi connectivity index (χ3v) is 3.39. The van der Waals surface area contributed by atoms with Gasteiger partial charge in [-0.15, -0.1) is 0 Å². The fourth-order valence-corrected chi connectivity index (χ4v) is 2.12. The Labute approximate surface area is 144 Å². The van der Waals surface area contributed by atoms with Crippen LogP contribution in [0.4, 0.5) is 10.1 Å². The van der Waals surface area contributed by atoms with Crippen LogP contribution >= 0.6 is 0 Å². The molecular weight excluding hydrogens is 327 g/mol. The first-order valence-corrected chi connectivity index (χ1v) is 7.52. The van der Waals surface area contributed by atoms with Crippen molar-refractivity contribution in [3.63, 3.8) is 0 Å². The van der Waals surface area contributed by atoms with Crippen molar-refractivity contribution in [2.24, 2.45) is 0 Å². The Bertz CT molecular complexity index is 792. The summed E-state index contributed by atoms with van der Waals surface area (Å²) in [6.07, 6.45) is 0.267. The lowest BCUT2D eigenvalue weighted by molar-refractivity contribution is -0.136.